The van der Waals surface area contributed by atoms with Gasteiger partial charge < -0.3 is 11.1 Å². The summed E-state index contributed by atoms with van der Waals surface area (Å²) in [5.74, 6) is -2.22. The maximum atomic E-state index is 11.9. The Morgan fingerprint density at radius 2 is 2.20 bits per heavy atom. The number of carbonyl (C=O) groups is 1. The zero-order chi connectivity index (χ0) is 11.5. The van der Waals surface area contributed by atoms with Crippen LogP contribution in [0.2, 0.25) is 0 Å². The minimum atomic E-state index is -4.92. The molecule has 15 heavy (non-hydrogen) atoms. The molecule has 3 N–H and O–H groups in total. The molecule has 82 valence electrons. The Labute approximate surface area is 83.3 Å². The number of pyridine rings is 1. The van der Waals surface area contributed by atoms with Crippen molar-refractivity contribution in [1.29, 1.82) is 0 Å². The fraction of sp³-hybridized carbons (Fsp3) is 0.250. The van der Waals surface area contributed by atoms with E-state index in [4.69, 9.17) is 5.73 Å². The number of nitrogens with zero attached hydrogens (tertiary/aromatic N) is 1. The summed E-state index contributed by atoms with van der Waals surface area (Å²) in [4.78, 5) is 14.1. The van der Waals surface area contributed by atoms with E-state index in [2.05, 4.69) is 4.98 Å². The number of halogens is 3. The second-order valence-corrected chi connectivity index (χ2v) is 2.71. The van der Waals surface area contributed by atoms with Crippen LogP contribution < -0.4 is 11.1 Å². The van der Waals surface area contributed by atoms with Gasteiger partial charge in [0.05, 0.1) is 0 Å². The average molecular weight is 219 g/mol. The normalized spacial score (nSPS) is 11.2. The van der Waals surface area contributed by atoms with E-state index in [1.54, 1.807) is 11.4 Å². The zero-order valence-electron chi connectivity index (χ0n) is 7.51. The van der Waals surface area contributed by atoms with Gasteiger partial charge in [0.1, 0.15) is 5.82 Å². The number of hydrogen-bond acceptors (Lipinski definition) is 3. The molecule has 1 rings (SSSR count). The molecule has 4 nitrogen and oxygen atoms in total. The van der Waals surface area contributed by atoms with Gasteiger partial charge in [0.2, 0.25) is 0 Å². The van der Waals surface area contributed by atoms with E-state index < -0.39 is 12.1 Å². The molecule has 0 bridgehead atoms. The van der Waals surface area contributed by atoms with Crippen molar-refractivity contribution in [3.05, 3.63) is 23.9 Å². The number of nitrogens with one attached hydrogen (secondary N) is 1. The van der Waals surface area contributed by atoms with Gasteiger partial charge in [-0.1, -0.05) is 0 Å². The van der Waals surface area contributed by atoms with E-state index in [0.717, 1.165) is 0 Å². The Morgan fingerprint density at radius 3 is 2.73 bits per heavy atom. The predicted molar refractivity (Wildman–Crippen MR) is 46.8 cm³/mol. The van der Waals surface area contributed by atoms with Crippen molar-refractivity contribution >= 4 is 11.7 Å². The van der Waals surface area contributed by atoms with E-state index in [0.29, 0.717) is 5.56 Å². The SMILES string of the molecule is NCc1ccnc(NC(=O)C(F)(F)F)c1. The van der Waals surface area contributed by atoms with Crippen LogP contribution in [0, 0.1) is 0 Å². The summed E-state index contributed by atoms with van der Waals surface area (Å²) in [6.45, 7) is 0.164. The second kappa shape index (κ2) is 4.26. The molecule has 0 aliphatic rings. The fourth-order valence-electron chi connectivity index (χ4n) is 0.857. The highest BCUT2D eigenvalue weighted by atomic mass is 19.4. The van der Waals surface area contributed by atoms with Crippen molar-refractivity contribution < 1.29 is 18.0 Å². The molecular weight excluding hydrogens is 211 g/mol. The Morgan fingerprint density at radius 1 is 1.53 bits per heavy atom. The third-order valence-electron chi connectivity index (χ3n) is 1.56. The number of alkyl halides is 3. The minimum Gasteiger partial charge on any atom is -0.326 e. The summed E-state index contributed by atoms with van der Waals surface area (Å²) >= 11 is 0. The molecule has 0 saturated heterocycles. The lowest BCUT2D eigenvalue weighted by atomic mass is 10.2. The summed E-state index contributed by atoms with van der Waals surface area (Å²) in [7, 11) is 0. The summed E-state index contributed by atoms with van der Waals surface area (Å²) in [6, 6.07) is 2.83. The molecule has 0 fully saturated rings. The standard InChI is InChI=1S/C8H8F3N3O/c9-8(10,11)7(15)14-6-3-5(4-12)1-2-13-6/h1-3H,4,12H2,(H,13,14,15). The van der Waals surface area contributed by atoms with E-state index in [-0.39, 0.29) is 12.4 Å². The van der Waals surface area contributed by atoms with Crippen LogP contribution in [0.4, 0.5) is 19.0 Å². The van der Waals surface area contributed by atoms with E-state index >= 15 is 0 Å². The molecule has 0 unspecified atom stereocenters. The lowest BCUT2D eigenvalue weighted by Crippen LogP contribution is -2.30. The molecule has 1 aromatic heterocycles. The third-order valence-corrected chi connectivity index (χ3v) is 1.56. The van der Waals surface area contributed by atoms with E-state index in [9.17, 15) is 18.0 Å². The van der Waals surface area contributed by atoms with E-state index in [1.165, 1.54) is 12.3 Å². The van der Waals surface area contributed by atoms with Gasteiger partial charge in [-0.25, -0.2) is 4.98 Å². The van der Waals surface area contributed by atoms with Crippen molar-refractivity contribution in [2.45, 2.75) is 12.7 Å². The molecule has 0 aliphatic carbocycles. The molecule has 0 aromatic carbocycles. The highest BCUT2D eigenvalue weighted by Gasteiger charge is 2.38. The van der Waals surface area contributed by atoms with Crippen LogP contribution in [0.15, 0.2) is 18.3 Å². The third kappa shape index (κ3) is 3.21. The summed E-state index contributed by atoms with van der Waals surface area (Å²) in [6.07, 6.45) is -3.64. The molecule has 1 heterocycles. The van der Waals surface area contributed by atoms with Gasteiger partial charge in [-0.15, -0.1) is 0 Å². The predicted octanol–water partition coefficient (Wildman–Crippen LogP) is 1.04. The lowest BCUT2D eigenvalue weighted by Gasteiger charge is -2.07. The van der Waals surface area contributed by atoms with Crippen LogP contribution in [-0.2, 0) is 11.3 Å². The molecule has 1 amide bonds. The zero-order valence-corrected chi connectivity index (χ0v) is 7.51. The molecule has 0 spiro atoms. The summed E-state index contributed by atoms with van der Waals surface area (Å²) < 4.78 is 35.6. The van der Waals surface area contributed by atoms with Gasteiger partial charge >= 0.3 is 12.1 Å². The lowest BCUT2D eigenvalue weighted by molar-refractivity contribution is -0.167. The van der Waals surface area contributed by atoms with Crippen molar-refractivity contribution in [1.82, 2.24) is 4.98 Å². The van der Waals surface area contributed by atoms with Gasteiger partial charge in [0.15, 0.2) is 0 Å². The van der Waals surface area contributed by atoms with Crippen molar-refractivity contribution in [3.8, 4) is 0 Å². The van der Waals surface area contributed by atoms with Crippen LogP contribution in [-0.4, -0.2) is 17.1 Å². The smallest absolute Gasteiger partial charge is 0.326 e. The topological polar surface area (TPSA) is 68.0 Å². The Balaban J connectivity index is 2.77. The Kier molecular flexibility index (Phi) is 3.25. The number of aromatic nitrogens is 1. The molecule has 0 radical (unpaired) electrons. The van der Waals surface area contributed by atoms with Crippen LogP contribution in [0.1, 0.15) is 5.56 Å². The number of amides is 1. The minimum absolute atomic E-state index is 0.164. The first-order chi connectivity index (χ1) is 6.93. The molecule has 1 aromatic rings. The van der Waals surface area contributed by atoms with Crippen LogP contribution in [0.3, 0.4) is 0 Å². The number of hydrogen-bond donors (Lipinski definition) is 2. The Bertz CT molecular complexity index is 364. The largest absolute Gasteiger partial charge is 0.471 e. The van der Waals surface area contributed by atoms with Gasteiger partial charge in [-0.2, -0.15) is 13.2 Å². The van der Waals surface area contributed by atoms with E-state index in [1.807, 2.05) is 0 Å². The maximum absolute atomic E-state index is 11.9. The monoisotopic (exact) mass is 219 g/mol. The average Bonchev–Trinajstić information content (AvgIpc) is 2.16. The summed E-state index contributed by atoms with van der Waals surface area (Å²) in [5.41, 5.74) is 5.86. The summed E-state index contributed by atoms with van der Waals surface area (Å²) in [5, 5.41) is 1.63. The second-order valence-electron chi connectivity index (χ2n) is 2.71. The molecule has 0 saturated carbocycles. The first-order valence-corrected chi connectivity index (χ1v) is 3.96. The number of nitrogens with two attached hydrogens (primary N) is 1. The fourth-order valence-corrected chi connectivity index (χ4v) is 0.857. The van der Waals surface area contributed by atoms with Gasteiger partial charge in [-0.3, -0.25) is 4.79 Å². The molecule has 0 aliphatic heterocycles. The number of rotatable bonds is 2. The highest BCUT2D eigenvalue weighted by molar-refractivity contribution is 5.94. The van der Waals surface area contributed by atoms with Crippen LogP contribution in [0.5, 0.6) is 0 Å². The first kappa shape index (κ1) is 11.4. The molecule has 0 atom stereocenters. The van der Waals surface area contributed by atoms with Gasteiger partial charge in [-0.05, 0) is 17.7 Å². The highest BCUT2D eigenvalue weighted by Crippen LogP contribution is 2.17. The van der Waals surface area contributed by atoms with Crippen molar-refractivity contribution in [2.75, 3.05) is 5.32 Å². The molecule has 7 heteroatoms. The number of carbonyl (C=O) groups excluding carboxylic acids is 1. The van der Waals surface area contributed by atoms with Crippen LogP contribution in [0.25, 0.3) is 0 Å². The maximum Gasteiger partial charge on any atom is 0.471 e. The molecular formula is C8H8F3N3O. The van der Waals surface area contributed by atoms with Crippen molar-refractivity contribution in [3.63, 3.8) is 0 Å². The first-order valence-electron chi connectivity index (χ1n) is 3.96. The quantitative estimate of drug-likeness (QED) is 0.780. The van der Waals surface area contributed by atoms with Gasteiger partial charge in [0, 0.05) is 12.7 Å². The van der Waals surface area contributed by atoms with Crippen LogP contribution >= 0.6 is 0 Å². The van der Waals surface area contributed by atoms with Crippen molar-refractivity contribution in [2.24, 2.45) is 5.73 Å². The Hall–Kier alpha value is -1.63. The van der Waals surface area contributed by atoms with Gasteiger partial charge in [0.25, 0.3) is 0 Å². The number of anilines is 1.